The third-order valence-electron chi connectivity index (χ3n) is 11.0. The smallest absolute Gasteiger partial charge is 0.410 e. The van der Waals surface area contributed by atoms with Crippen molar-refractivity contribution in [3.8, 4) is 11.5 Å². The average molecular weight is 660 g/mol. The molecule has 0 aromatic heterocycles. The number of nitrogens with one attached hydrogen (secondary N) is 2. The van der Waals surface area contributed by atoms with Gasteiger partial charge in [0.05, 0.1) is 0 Å². The molecule has 1 atom stereocenters. The highest BCUT2D eigenvalue weighted by Gasteiger charge is 2.37. The van der Waals surface area contributed by atoms with Gasteiger partial charge < -0.3 is 39.5 Å². The maximum absolute atomic E-state index is 14.1. The highest BCUT2D eigenvalue weighted by atomic mass is 16.6. The van der Waals surface area contributed by atoms with Gasteiger partial charge in [0, 0.05) is 50.9 Å². The molecule has 0 bridgehead atoms. The monoisotopic (exact) mass is 659 g/mol. The van der Waals surface area contributed by atoms with Crippen LogP contribution in [0.5, 0.6) is 11.5 Å². The average Bonchev–Trinajstić information content (AvgIpc) is 3.29. The number of urea groups is 1. The van der Waals surface area contributed by atoms with Crippen molar-refractivity contribution in [1.82, 2.24) is 20.0 Å². The van der Waals surface area contributed by atoms with E-state index in [0.29, 0.717) is 70.4 Å². The summed E-state index contributed by atoms with van der Waals surface area (Å²) in [5, 5.41) is 6.52. The predicted molar refractivity (Wildman–Crippen MR) is 182 cm³/mol. The fourth-order valence-electron chi connectivity index (χ4n) is 8.32. The van der Waals surface area contributed by atoms with E-state index < -0.39 is 12.2 Å². The van der Waals surface area contributed by atoms with Gasteiger partial charge in [-0.05, 0) is 106 Å². The maximum Gasteiger partial charge on any atom is 0.410 e. The summed E-state index contributed by atoms with van der Waals surface area (Å²) in [7, 11) is 0. The number of carbonyl (C=O) groups excluding carboxylic acids is 3. The van der Waals surface area contributed by atoms with E-state index in [0.717, 1.165) is 66.4 Å². The molecule has 2 aromatic rings. The highest BCUT2D eigenvalue weighted by Crippen LogP contribution is 2.36. The lowest BCUT2D eigenvalue weighted by atomic mass is 9.79. The van der Waals surface area contributed by atoms with Gasteiger partial charge >= 0.3 is 12.1 Å². The van der Waals surface area contributed by atoms with Crippen molar-refractivity contribution in [3.63, 3.8) is 0 Å². The molecule has 0 radical (unpaired) electrons. The van der Waals surface area contributed by atoms with Crippen LogP contribution in [0.4, 0.5) is 15.3 Å². The molecule has 48 heavy (non-hydrogen) atoms. The lowest BCUT2D eigenvalue weighted by Gasteiger charge is -2.39. The minimum absolute atomic E-state index is 0.0303. The van der Waals surface area contributed by atoms with Gasteiger partial charge in [-0.3, -0.25) is 4.79 Å². The zero-order valence-electron chi connectivity index (χ0n) is 28.1. The number of amides is 4. The molecule has 0 spiro atoms. The molecule has 258 valence electrons. The second-order valence-corrected chi connectivity index (χ2v) is 14.0. The Morgan fingerprint density at radius 2 is 1.60 bits per heavy atom. The molecule has 0 saturated carbocycles. The molecule has 5 aliphatic heterocycles. The highest BCUT2D eigenvalue weighted by molar-refractivity contribution is 5.91. The number of anilines is 1. The summed E-state index contributed by atoms with van der Waals surface area (Å²) in [5.74, 6) is 2.63. The van der Waals surface area contributed by atoms with E-state index in [9.17, 15) is 14.4 Å². The van der Waals surface area contributed by atoms with Crippen LogP contribution in [0.3, 0.4) is 0 Å². The van der Waals surface area contributed by atoms with Crippen LogP contribution in [-0.2, 0) is 22.4 Å². The van der Waals surface area contributed by atoms with E-state index in [1.54, 1.807) is 4.90 Å². The quantitative estimate of drug-likeness (QED) is 0.466. The van der Waals surface area contributed by atoms with Crippen LogP contribution in [0.1, 0.15) is 55.2 Å². The minimum Gasteiger partial charge on any atom is -0.486 e. The van der Waals surface area contributed by atoms with E-state index in [1.807, 2.05) is 47.1 Å². The number of carbonyl (C=O) groups is 3. The number of hydrogen-bond donors (Lipinski definition) is 2. The number of rotatable bonds is 6. The van der Waals surface area contributed by atoms with Crippen LogP contribution in [0.15, 0.2) is 36.4 Å². The van der Waals surface area contributed by atoms with E-state index in [-0.39, 0.29) is 24.4 Å². The molecule has 0 aliphatic carbocycles. The molecule has 0 unspecified atom stereocenters. The normalized spacial score (nSPS) is 21.6. The molecule has 3 saturated heterocycles. The van der Waals surface area contributed by atoms with Crippen LogP contribution >= 0.6 is 0 Å². The zero-order valence-corrected chi connectivity index (χ0v) is 28.1. The first kappa shape index (κ1) is 32.6. The lowest BCUT2D eigenvalue weighted by Crippen LogP contribution is -2.52. The van der Waals surface area contributed by atoms with Crippen LogP contribution < -0.4 is 20.1 Å². The molecule has 3 fully saturated rings. The van der Waals surface area contributed by atoms with Gasteiger partial charge in [0.1, 0.15) is 13.2 Å². The summed E-state index contributed by atoms with van der Waals surface area (Å²) in [6.07, 6.45) is 5.33. The maximum atomic E-state index is 14.1. The second-order valence-electron chi connectivity index (χ2n) is 14.0. The number of nitrogens with zero attached hydrogens (tertiary/aromatic N) is 3. The summed E-state index contributed by atoms with van der Waals surface area (Å²) in [6.45, 7) is 8.05. The Balaban J connectivity index is 1.00. The summed E-state index contributed by atoms with van der Waals surface area (Å²) < 4.78 is 17.8. The molecule has 2 N–H and O–H groups in total. The van der Waals surface area contributed by atoms with Crippen LogP contribution in [0.2, 0.25) is 0 Å². The Bertz CT molecular complexity index is 1480. The topological polar surface area (TPSA) is 113 Å². The molecule has 2 aromatic carbocycles. The number of benzene rings is 2. The van der Waals surface area contributed by atoms with Gasteiger partial charge in [-0.2, -0.15) is 0 Å². The van der Waals surface area contributed by atoms with Crippen LogP contribution in [0.25, 0.3) is 0 Å². The molecule has 5 aliphatic rings. The zero-order chi connectivity index (χ0) is 33.0. The molecule has 11 heteroatoms. The number of hydrogen-bond acceptors (Lipinski definition) is 7. The van der Waals surface area contributed by atoms with Gasteiger partial charge in [-0.1, -0.05) is 24.3 Å². The van der Waals surface area contributed by atoms with Crippen molar-refractivity contribution in [3.05, 3.63) is 53.1 Å². The van der Waals surface area contributed by atoms with Gasteiger partial charge in [0.2, 0.25) is 0 Å². The van der Waals surface area contributed by atoms with E-state index in [2.05, 4.69) is 16.7 Å². The van der Waals surface area contributed by atoms with Crippen LogP contribution in [-0.4, -0.2) is 104 Å². The van der Waals surface area contributed by atoms with Crippen molar-refractivity contribution in [2.45, 2.75) is 70.4 Å². The molecule has 5 heterocycles. The Morgan fingerprint density at radius 3 is 2.40 bits per heavy atom. The first-order chi connectivity index (χ1) is 23.4. The summed E-state index contributed by atoms with van der Waals surface area (Å²) >= 11 is 0. The van der Waals surface area contributed by atoms with E-state index in [4.69, 9.17) is 14.2 Å². The summed E-state index contributed by atoms with van der Waals surface area (Å²) in [4.78, 5) is 46.4. The number of para-hydroxylation sites is 1. The SMILES string of the molecule is Cc1cc(C[C@@H](OC(=O)N2CCC(N3CCc4ccccc4NC3=O)CC2)C(=O)N2CCC(C3CCNCC3)CC2)cc2c1OCCO2. The molecule has 11 nitrogen and oxygen atoms in total. The second kappa shape index (κ2) is 14.6. The van der Waals surface area contributed by atoms with Crippen molar-refractivity contribution in [2.75, 3.05) is 64.3 Å². The Labute approximate surface area is 283 Å². The first-order valence-electron chi connectivity index (χ1n) is 17.9. The fraction of sp³-hybridized carbons (Fsp3) is 0.595. The van der Waals surface area contributed by atoms with E-state index in [1.165, 1.54) is 12.8 Å². The predicted octanol–water partition coefficient (Wildman–Crippen LogP) is 4.61. The number of likely N-dealkylation sites (tertiary alicyclic amines) is 2. The molecular formula is C37H49N5O6. The largest absolute Gasteiger partial charge is 0.486 e. The Morgan fingerprint density at radius 1 is 0.896 bits per heavy atom. The first-order valence-corrected chi connectivity index (χ1v) is 17.9. The summed E-state index contributed by atoms with van der Waals surface area (Å²) in [6, 6.07) is 11.8. The third kappa shape index (κ3) is 7.21. The standard InChI is InChI=1S/C37H49N5O6/c1-25-22-26(23-32-34(25)47-21-20-46-32)24-33(35(43)40-15-8-28(9-16-40)27-6-13-38-14-7-27)48-37(45)41-17-11-30(12-18-41)42-19-10-29-4-2-3-5-31(29)39-36(42)44/h2-5,22-23,27-28,30,33,38H,6-21,24H2,1H3,(H,39,44)/t33-/m1/s1. The molecule has 7 rings (SSSR count). The molecular weight excluding hydrogens is 610 g/mol. The lowest BCUT2D eigenvalue weighted by molar-refractivity contribution is -0.142. The van der Waals surface area contributed by atoms with Crippen molar-refractivity contribution in [2.24, 2.45) is 11.8 Å². The third-order valence-corrected chi connectivity index (χ3v) is 11.0. The summed E-state index contributed by atoms with van der Waals surface area (Å²) in [5.41, 5.74) is 3.81. The van der Waals surface area contributed by atoms with Crippen molar-refractivity contribution >= 4 is 23.7 Å². The Kier molecular flexibility index (Phi) is 9.93. The van der Waals surface area contributed by atoms with E-state index >= 15 is 0 Å². The minimum atomic E-state index is -0.942. The van der Waals surface area contributed by atoms with Gasteiger partial charge in [0.15, 0.2) is 17.6 Å². The van der Waals surface area contributed by atoms with Crippen molar-refractivity contribution < 1.29 is 28.6 Å². The Hall–Kier alpha value is -3.99. The number of aryl methyl sites for hydroxylation is 1. The van der Waals surface area contributed by atoms with Gasteiger partial charge in [-0.15, -0.1) is 0 Å². The number of fused-ring (bicyclic) bond motifs is 2. The fourth-order valence-corrected chi connectivity index (χ4v) is 8.32. The number of ether oxygens (including phenoxy) is 3. The number of piperidine rings is 3. The van der Waals surface area contributed by atoms with Crippen LogP contribution in [0, 0.1) is 18.8 Å². The molecule has 4 amide bonds. The van der Waals surface area contributed by atoms with Gasteiger partial charge in [-0.25, -0.2) is 9.59 Å². The van der Waals surface area contributed by atoms with Gasteiger partial charge in [0.25, 0.3) is 5.91 Å². The van der Waals surface area contributed by atoms with Crippen molar-refractivity contribution in [1.29, 1.82) is 0 Å².